The number of nitro groups is 1. The van der Waals surface area contributed by atoms with E-state index in [1.54, 1.807) is 16.8 Å². The van der Waals surface area contributed by atoms with Crippen LogP contribution in [0.4, 0.5) is 5.69 Å². The maximum Gasteiger partial charge on any atom is 0.271 e. The number of nitro benzene ring substituents is 1. The molecule has 1 heterocycles. The van der Waals surface area contributed by atoms with Crippen molar-refractivity contribution in [3.63, 3.8) is 0 Å². The van der Waals surface area contributed by atoms with Gasteiger partial charge in [0, 0.05) is 17.5 Å². The van der Waals surface area contributed by atoms with E-state index in [-0.39, 0.29) is 10.6 Å². The minimum atomic E-state index is -0.387. The van der Waals surface area contributed by atoms with E-state index in [2.05, 4.69) is 5.10 Å². The van der Waals surface area contributed by atoms with Crippen LogP contribution in [0.25, 0.3) is 16.6 Å². The zero-order valence-corrected chi connectivity index (χ0v) is 11.2. The Balaban J connectivity index is 2.30. The van der Waals surface area contributed by atoms with Crippen LogP contribution in [0.2, 0.25) is 0 Å². The molecule has 0 saturated heterocycles. The molecule has 0 radical (unpaired) electrons. The Labute approximate surface area is 115 Å². The Morgan fingerprint density at radius 3 is 2.65 bits per heavy atom. The van der Waals surface area contributed by atoms with E-state index in [1.165, 1.54) is 6.07 Å². The van der Waals surface area contributed by atoms with Crippen LogP contribution >= 0.6 is 0 Å². The van der Waals surface area contributed by atoms with Gasteiger partial charge in [-0.25, -0.2) is 4.68 Å². The second-order valence-electron chi connectivity index (χ2n) is 4.79. The van der Waals surface area contributed by atoms with Crippen LogP contribution in [0.1, 0.15) is 11.3 Å². The average molecular weight is 267 g/mol. The normalized spacial score (nSPS) is 10.9. The molecule has 1 aromatic heterocycles. The van der Waals surface area contributed by atoms with Gasteiger partial charge in [0.2, 0.25) is 0 Å². The highest BCUT2D eigenvalue weighted by Gasteiger charge is 2.13. The maximum atomic E-state index is 10.9. The molecule has 0 N–H and O–H groups in total. The molecule has 0 bridgehead atoms. The molecule has 0 amide bonds. The fourth-order valence-electron chi connectivity index (χ4n) is 2.33. The molecular weight excluding hydrogens is 254 g/mol. The van der Waals surface area contributed by atoms with Crippen LogP contribution in [0.15, 0.2) is 42.5 Å². The molecule has 0 unspecified atom stereocenters. The maximum absolute atomic E-state index is 10.9. The monoisotopic (exact) mass is 267 g/mol. The summed E-state index contributed by atoms with van der Waals surface area (Å²) < 4.78 is 1.75. The number of benzene rings is 2. The predicted octanol–water partition coefficient (Wildman–Crippen LogP) is 3.55. The molecule has 20 heavy (non-hydrogen) atoms. The summed E-state index contributed by atoms with van der Waals surface area (Å²) in [4.78, 5) is 10.5. The van der Waals surface area contributed by atoms with Crippen LogP contribution < -0.4 is 0 Å². The first-order chi connectivity index (χ1) is 9.56. The highest BCUT2D eigenvalue weighted by atomic mass is 16.6. The number of nitrogens with zero attached hydrogens (tertiary/aromatic N) is 3. The summed E-state index contributed by atoms with van der Waals surface area (Å²) in [5.41, 5.74) is 3.71. The third-order valence-electron chi connectivity index (χ3n) is 3.31. The van der Waals surface area contributed by atoms with Crippen molar-refractivity contribution in [3.8, 4) is 5.69 Å². The smallest absolute Gasteiger partial charge is 0.258 e. The molecule has 3 aromatic rings. The molecule has 3 rings (SSSR count). The van der Waals surface area contributed by atoms with E-state index in [9.17, 15) is 10.1 Å². The van der Waals surface area contributed by atoms with E-state index < -0.39 is 0 Å². The van der Waals surface area contributed by atoms with Gasteiger partial charge in [-0.05, 0) is 37.6 Å². The lowest BCUT2D eigenvalue weighted by atomic mass is 10.2. The van der Waals surface area contributed by atoms with Crippen molar-refractivity contribution in [2.24, 2.45) is 0 Å². The molecular formula is C15H13N3O2. The fraction of sp³-hybridized carbons (Fsp3) is 0.133. The number of aromatic nitrogens is 2. The molecule has 5 nitrogen and oxygen atoms in total. The minimum absolute atomic E-state index is 0.0753. The zero-order valence-electron chi connectivity index (χ0n) is 11.2. The molecule has 0 aliphatic carbocycles. The number of hydrogen-bond donors (Lipinski definition) is 0. The van der Waals surface area contributed by atoms with Gasteiger partial charge in [0.15, 0.2) is 0 Å². The van der Waals surface area contributed by atoms with E-state index in [1.807, 2.05) is 38.1 Å². The van der Waals surface area contributed by atoms with Gasteiger partial charge < -0.3 is 0 Å². The van der Waals surface area contributed by atoms with Gasteiger partial charge in [0.1, 0.15) is 0 Å². The first-order valence-electron chi connectivity index (χ1n) is 6.27. The lowest BCUT2D eigenvalue weighted by Gasteiger charge is -2.04. The number of aryl methyl sites for hydroxylation is 2. The topological polar surface area (TPSA) is 61.0 Å². The highest BCUT2D eigenvalue weighted by molar-refractivity contribution is 5.85. The van der Waals surface area contributed by atoms with Crippen LogP contribution in [0, 0.1) is 24.0 Å². The molecule has 100 valence electrons. The quantitative estimate of drug-likeness (QED) is 0.527. The summed E-state index contributed by atoms with van der Waals surface area (Å²) in [6.45, 7) is 3.91. The molecule has 0 spiro atoms. The molecule has 0 saturated carbocycles. The van der Waals surface area contributed by atoms with Gasteiger partial charge in [0.05, 0.1) is 21.8 Å². The van der Waals surface area contributed by atoms with Crippen molar-refractivity contribution in [2.45, 2.75) is 13.8 Å². The minimum Gasteiger partial charge on any atom is -0.258 e. The first-order valence-corrected chi connectivity index (χ1v) is 6.27. The van der Waals surface area contributed by atoms with E-state index >= 15 is 0 Å². The molecule has 0 aliphatic rings. The summed E-state index contributed by atoms with van der Waals surface area (Å²) in [5.74, 6) is 0. The van der Waals surface area contributed by atoms with Crippen molar-refractivity contribution in [1.82, 2.24) is 9.78 Å². The Bertz CT molecular complexity index is 821. The molecule has 0 atom stereocenters. The predicted molar refractivity (Wildman–Crippen MR) is 77.2 cm³/mol. The van der Waals surface area contributed by atoms with Crippen molar-refractivity contribution < 1.29 is 4.92 Å². The van der Waals surface area contributed by atoms with E-state index in [0.717, 1.165) is 27.8 Å². The number of non-ortho nitro benzene ring substituents is 1. The summed E-state index contributed by atoms with van der Waals surface area (Å²) >= 11 is 0. The standard InChI is InChI=1S/C15H13N3O2/c1-10-4-3-5-12(8-10)17-15-9-13(18(19)20)6-7-14(15)11(2)16-17/h3-9H,1-2H3. The van der Waals surface area contributed by atoms with Crippen LogP contribution in [-0.2, 0) is 0 Å². The van der Waals surface area contributed by atoms with Gasteiger partial charge in [0.25, 0.3) is 5.69 Å². The highest BCUT2D eigenvalue weighted by Crippen LogP contribution is 2.26. The molecule has 5 heteroatoms. The van der Waals surface area contributed by atoms with Crippen molar-refractivity contribution >= 4 is 16.6 Å². The van der Waals surface area contributed by atoms with Gasteiger partial charge in [-0.15, -0.1) is 0 Å². The SMILES string of the molecule is Cc1cccc(-n2nc(C)c3ccc([N+](=O)[O-])cc32)c1. The Morgan fingerprint density at radius 1 is 1.15 bits per heavy atom. The zero-order chi connectivity index (χ0) is 14.3. The second kappa shape index (κ2) is 4.45. The van der Waals surface area contributed by atoms with Crippen LogP contribution in [0.3, 0.4) is 0 Å². The van der Waals surface area contributed by atoms with Gasteiger partial charge in [-0.3, -0.25) is 10.1 Å². The molecule has 0 aliphatic heterocycles. The summed E-state index contributed by atoms with van der Waals surface area (Å²) in [6, 6.07) is 12.7. The van der Waals surface area contributed by atoms with Crippen LogP contribution in [-0.4, -0.2) is 14.7 Å². The Morgan fingerprint density at radius 2 is 1.95 bits per heavy atom. The number of rotatable bonds is 2. The second-order valence-corrected chi connectivity index (χ2v) is 4.79. The van der Waals surface area contributed by atoms with Crippen molar-refractivity contribution in [1.29, 1.82) is 0 Å². The number of fused-ring (bicyclic) bond motifs is 1. The van der Waals surface area contributed by atoms with Crippen molar-refractivity contribution in [3.05, 3.63) is 63.8 Å². The third-order valence-corrected chi connectivity index (χ3v) is 3.31. The largest absolute Gasteiger partial charge is 0.271 e. The Hall–Kier alpha value is -2.69. The number of hydrogen-bond acceptors (Lipinski definition) is 3. The molecule has 2 aromatic carbocycles. The first kappa shape index (κ1) is 12.3. The average Bonchev–Trinajstić information content (AvgIpc) is 2.76. The van der Waals surface area contributed by atoms with Gasteiger partial charge in [-0.2, -0.15) is 5.10 Å². The summed E-state index contributed by atoms with van der Waals surface area (Å²) in [5, 5.41) is 16.4. The Kier molecular flexibility index (Phi) is 2.75. The fourth-order valence-corrected chi connectivity index (χ4v) is 2.33. The lowest BCUT2D eigenvalue weighted by molar-refractivity contribution is -0.384. The van der Waals surface area contributed by atoms with E-state index in [4.69, 9.17) is 0 Å². The van der Waals surface area contributed by atoms with Gasteiger partial charge >= 0.3 is 0 Å². The van der Waals surface area contributed by atoms with Crippen LogP contribution in [0.5, 0.6) is 0 Å². The third kappa shape index (κ3) is 1.93. The van der Waals surface area contributed by atoms with Crippen molar-refractivity contribution in [2.75, 3.05) is 0 Å². The summed E-state index contributed by atoms with van der Waals surface area (Å²) in [7, 11) is 0. The lowest BCUT2D eigenvalue weighted by Crippen LogP contribution is -1.97. The molecule has 0 fully saturated rings. The summed E-state index contributed by atoms with van der Waals surface area (Å²) in [6.07, 6.45) is 0. The van der Waals surface area contributed by atoms with E-state index in [0.29, 0.717) is 0 Å². The van der Waals surface area contributed by atoms with Gasteiger partial charge in [-0.1, -0.05) is 12.1 Å².